The third kappa shape index (κ3) is 4.30. The minimum Gasteiger partial charge on any atom is -0.454 e. The Kier molecular flexibility index (Phi) is 5.06. The summed E-state index contributed by atoms with van der Waals surface area (Å²) in [6.45, 7) is 4.62. The van der Waals surface area contributed by atoms with Crippen molar-refractivity contribution in [3.8, 4) is 0 Å². The monoisotopic (exact) mass is 324 g/mol. The van der Waals surface area contributed by atoms with Crippen LogP contribution in [0.2, 0.25) is 0 Å². The van der Waals surface area contributed by atoms with E-state index in [0.29, 0.717) is 12.8 Å². The summed E-state index contributed by atoms with van der Waals surface area (Å²) in [5, 5.41) is 2.66. The fourth-order valence-electron chi connectivity index (χ4n) is 3.16. The Hall–Kier alpha value is -1.92. The molecule has 2 atom stereocenters. The van der Waals surface area contributed by atoms with Crippen molar-refractivity contribution in [3.05, 3.63) is 0 Å². The van der Waals surface area contributed by atoms with Gasteiger partial charge in [-0.2, -0.15) is 0 Å². The van der Waals surface area contributed by atoms with Crippen molar-refractivity contribution in [2.24, 2.45) is 11.8 Å². The number of rotatable bonds is 4. The van der Waals surface area contributed by atoms with E-state index in [2.05, 4.69) is 5.32 Å². The van der Waals surface area contributed by atoms with Crippen molar-refractivity contribution in [1.82, 2.24) is 10.2 Å². The topological polar surface area (TPSA) is 92.8 Å². The highest BCUT2D eigenvalue weighted by atomic mass is 16.5. The third-order valence-corrected chi connectivity index (χ3v) is 4.10. The van der Waals surface area contributed by atoms with Crippen LogP contribution >= 0.6 is 0 Å². The molecule has 0 aromatic rings. The smallest absolute Gasteiger partial charge is 0.326 e. The molecule has 1 aliphatic carbocycles. The van der Waals surface area contributed by atoms with Crippen LogP contribution in [0.4, 0.5) is 0 Å². The molecule has 0 aromatic heterocycles. The Morgan fingerprint density at radius 3 is 2.13 bits per heavy atom. The molecule has 7 nitrogen and oxygen atoms in total. The largest absolute Gasteiger partial charge is 0.454 e. The van der Waals surface area contributed by atoms with Crippen LogP contribution in [0.3, 0.4) is 0 Å². The second kappa shape index (κ2) is 6.68. The predicted octanol–water partition coefficient (Wildman–Crippen LogP) is 0.619. The van der Waals surface area contributed by atoms with Crippen LogP contribution in [0.5, 0.6) is 0 Å². The molecule has 1 saturated heterocycles. The molecule has 1 N–H and O–H groups in total. The molecule has 1 heterocycles. The quantitative estimate of drug-likeness (QED) is 0.604. The molecule has 7 heteroatoms. The molecular weight excluding hydrogens is 300 g/mol. The van der Waals surface area contributed by atoms with Crippen LogP contribution in [-0.2, 0) is 23.9 Å². The number of esters is 1. The summed E-state index contributed by atoms with van der Waals surface area (Å²) in [5.41, 5.74) is -0.417. The lowest BCUT2D eigenvalue weighted by Gasteiger charge is -2.20. The van der Waals surface area contributed by atoms with Gasteiger partial charge in [-0.1, -0.05) is 12.8 Å². The van der Waals surface area contributed by atoms with Gasteiger partial charge in [0.15, 0.2) is 6.61 Å². The molecule has 2 rings (SSSR count). The fourth-order valence-corrected chi connectivity index (χ4v) is 3.16. The van der Waals surface area contributed by atoms with Gasteiger partial charge in [0, 0.05) is 5.54 Å². The number of carbonyl (C=O) groups is 4. The Morgan fingerprint density at radius 2 is 1.65 bits per heavy atom. The van der Waals surface area contributed by atoms with Crippen molar-refractivity contribution in [1.29, 1.82) is 0 Å². The number of carbonyl (C=O) groups excluding carboxylic acids is 4. The summed E-state index contributed by atoms with van der Waals surface area (Å²) in [6, 6.07) is 0. The van der Waals surface area contributed by atoms with Gasteiger partial charge in [-0.15, -0.1) is 0 Å². The normalized spacial score (nSPS) is 24.4. The van der Waals surface area contributed by atoms with E-state index in [-0.39, 0.29) is 23.7 Å². The van der Waals surface area contributed by atoms with Gasteiger partial charge in [0.1, 0.15) is 6.54 Å². The van der Waals surface area contributed by atoms with Crippen molar-refractivity contribution < 1.29 is 23.9 Å². The Bertz CT molecular complexity index is 499. The lowest BCUT2D eigenvalue weighted by molar-refractivity contribution is -0.155. The Labute approximate surface area is 135 Å². The van der Waals surface area contributed by atoms with E-state index in [1.165, 1.54) is 0 Å². The summed E-state index contributed by atoms with van der Waals surface area (Å²) in [7, 11) is 0. The number of nitrogens with one attached hydrogen (secondary N) is 1. The van der Waals surface area contributed by atoms with Gasteiger partial charge in [0.05, 0.1) is 11.8 Å². The summed E-state index contributed by atoms with van der Waals surface area (Å²) < 4.78 is 4.86. The molecular formula is C16H24N2O5. The van der Waals surface area contributed by atoms with Crippen LogP contribution < -0.4 is 5.32 Å². The second-order valence-electron chi connectivity index (χ2n) is 7.22. The van der Waals surface area contributed by atoms with Gasteiger partial charge >= 0.3 is 5.97 Å². The second-order valence-corrected chi connectivity index (χ2v) is 7.22. The number of amides is 3. The third-order valence-electron chi connectivity index (χ3n) is 4.10. The SMILES string of the molecule is CC(C)(C)NC(=O)COC(=O)CN1C(=O)[C@H]2CCCC[C@@H]2C1=O. The van der Waals surface area contributed by atoms with Crippen LogP contribution in [0.25, 0.3) is 0 Å². The van der Waals surface area contributed by atoms with Crippen LogP contribution in [-0.4, -0.2) is 47.3 Å². The number of hydrogen-bond donors (Lipinski definition) is 1. The number of likely N-dealkylation sites (tertiary alicyclic amines) is 1. The first-order valence-electron chi connectivity index (χ1n) is 8.01. The van der Waals surface area contributed by atoms with Crippen LogP contribution in [0, 0.1) is 11.8 Å². The molecule has 2 aliphatic rings. The van der Waals surface area contributed by atoms with Crippen molar-refractivity contribution in [2.75, 3.05) is 13.2 Å². The van der Waals surface area contributed by atoms with E-state index in [9.17, 15) is 19.2 Å². The summed E-state index contributed by atoms with van der Waals surface area (Å²) in [4.78, 5) is 48.9. The number of imide groups is 1. The maximum atomic E-state index is 12.2. The van der Waals surface area contributed by atoms with Gasteiger partial charge in [0.25, 0.3) is 5.91 Å². The van der Waals surface area contributed by atoms with Crippen molar-refractivity contribution in [3.63, 3.8) is 0 Å². The lowest BCUT2D eigenvalue weighted by atomic mass is 9.81. The molecule has 0 aromatic carbocycles. The first-order chi connectivity index (χ1) is 10.7. The number of hydrogen-bond acceptors (Lipinski definition) is 5. The average Bonchev–Trinajstić information content (AvgIpc) is 2.69. The molecule has 0 unspecified atom stereocenters. The molecule has 3 amide bonds. The highest BCUT2D eigenvalue weighted by Gasteiger charge is 2.48. The molecule has 0 spiro atoms. The molecule has 0 radical (unpaired) electrons. The van der Waals surface area contributed by atoms with E-state index in [4.69, 9.17) is 4.74 Å². The maximum absolute atomic E-state index is 12.2. The van der Waals surface area contributed by atoms with Crippen molar-refractivity contribution in [2.45, 2.75) is 52.0 Å². The van der Waals surface area contributed by atoms with E-state index >= 15 is 0 Å². The average molecular weight is 324 g/mol. The standard InChI is InChI=1S/C16H24N2O5/c1-16(2,3)17-12(19)9-23-13(20)8-18-14(21)10-6-4-5-7-11(10)15(18)22/h10-11H,4-9H2,1-3H3,(H,17,19)/t10-,11-/m0/s1. The zero-order valence-corrected chi connectivity index (χ0v) is 13.9. The first-order valence-corrected chi connectivity index (χ1v) is 8.01. The van der Waals surface area contributed by atoms with Gasteiger partial charge in [-0.3, -0.25) is 24.1 Å². The van der Waals surface area contributed by atoms with Crippen LogP contribution in [0.1, 0.15) is 46.5 Å². The summed E-state index contributed by atoms with van der Waals surface area (Å²) in [5.74, 6) is -2.29. The minimum atomic E-state index is -0.741. The lowest BCUT2D eigenvalue weighted by Crippen LogP contribution is -2.43. The van der Waals surface area contributed by atoms with Gasteiger partial charge in [-0.25, -0.2) is 0 Å². The number of nitrogens with zero attached hydrogens (tertiary/aromatic N) is 1. The van der Waals surface area contributed by atoms with E-state index < -0.39 is 30.6 Å². The van der Waals surface area contributed by atoms with Gasteiger partial charge in [-0.05, 0) is 33.6 Å². The van der Waals surface area contributed by atoms with Crippen LogP contribution in [0.15, 0.2) is 0 Å². The first kappa shape index (κ1) is 17.4. The van der Waals surface area contributed by atoms with E-state index in [0.717, 1.165) is 17.7 Å². The van der Waals surface area contributed by atoms with Crippen molar-refractivity contribution >= 4 is 23.7 Å². The summed E-state index contributed by atoms with van der Waals surface area (Å²) in [6.07, 6.45) is 3.28. The molecule has 0 bridgehead atoms. The predicted molar refractivity (Wildman–Crippen MR) is 81.0 cm³/mol. The number of fused-ring (bicyclic) bond motifs is 1. The number of ether oxygens (including phenoxy) is 1. The van der Waals surface area contributed by atoms with Gasteiger partial charge in [0.2, 0.25) is 11.8 Å². The highest BCUT2D eigenvalue weighted by molar-refractivity contribution is 6.07. The zero-order valence-electron chi connectivity index (χ0n) is 13.9. The van der Waals surface area contributed by atoms with Gasteiger partial charge < -0.3 is 10.1 Å². The molecule has 1 saturated carbocycles. The highest BCUT2D eigenvalue weighted by Crippen LogP contribution is 2.37. The Morgan fingerprint density at radius 1 is 1.13 bits per heavy atom. The molecule has 1 aliphatic heterocycles. The van der Waals surface area contributed by atoms with E-state index in [1.54, 1.807) is 0 Å². The maximum Gasteiger partial charge on any atom is 0.326 e. The fraction of sp³-hybridized carbons (Fsp3) is 0.750. The summed E-state index contributed by atoms with van der Waals surface area (Å²) >= 11 is 0. The molecule has 2 fully saturated rings. The molecule has 23 heavy (non-hydrogen) atoms. The minimum absolute atomic E-state index is 0.282. The zero-order chi connectivity index (χ0) is 17.2. The Balaban J connectivity index is 1.84. The molecule has 128 valence electrons. The van der Waals surface area contributed by atoms with E-state index in [1.807, 2.05) is 20.8 Å².